The van der Waals surface area contributed by atoms with Gasteiger partial charge in [0.2, 0.25) is 5.91 Å². The van der Waals surface area contributed by atoms with Crippen LogP contribution in [-0.4, -0.2) is 12.5 Å². The van der Waals surface area contributed by atoms with Gasteiger partial charge in [-0.15, -0.1) is 0 Å². The van der Waals surface area contributed by atoms with Crippen molar-refractivity contribution in [1.29, 1.82) is 0 Å². The number of halogens is 1. The second kappa shape index (κ2) is 6.30. The summed E-state index contributed by atoms with van der Waals surface area (Å²) in [7, 11) is 0. The minimum Gasteiger partial charge on any atom is -0.322 e. The third-order valence-corrected chi connectivity index (χ3v) is 3.17. The molecule has 0 fully saturated rings. The van der Waals surface area contributed by atoms with Crippen LogP contribution in [0.2, 0.25) is 0 Å². The number of hydrogen-bond acceptors (Lipinski definition) is 2. The van der Waals surface area contributed by atoms with E-state index >= 15 is 0 Å². The topological polar surface area (TPSA) is 46.3 Å². The van der Waals surface area contributed by atoms with E-state index in [1.807, 2.05) is 31.2 Å². The molecule has 0 bridgehead atoms. The number of rotatable bonds is 4. The average Bonchev–Trinajstić information content (AvgIpc) is 2.47. The van der Waals surface area contributed by atoms with Crippen LogP contribution in [0.5, 0.6) is 0 Å². The molecule has 0 aliphatic carbocycles. The molecule has 1 amide bonds. The summed E-state index contributed by atoms with van der Waals surface area (Å²) in [5.41, 5.74) is 7.64. The maximum absolute atomic E-state index is 13.8. The molecule has 0 radical (unpaired) electrons. The smallest absolute Gasteiger partial charge is 0.241 e. The van der Waals surface area contributed by atoms with Crippen molar-refractivity contribution in [3.05, 3.63) is 65.5 Å². The van der Waals surface area contributed by atoms with E-state index in [4.69, 9.17) is 5.73 Å². The highest BCUT2D eigenvalue weighted by Gasteiger charge is 2.17. The van der Waals surface area contributed by atoms with Gasteiger partial charge in [0.15, 0.2) is 0 Å². The highest BCUT2D eigenvalue weighted by Crippen LogP contribution is 2.22. The molecule has 2 N–H and O–H groups in total. The maximum Gasteiger partial charge on any atom is 0.241 e. The Hall–Kier alpha value is -2.20. The van der Waals surface area contributed by atoms with Gasteiger partial charge in [-0.25, -0.2) is 4.39 Å². The minimum absolute atomic E-state index is 0.108. The summed E-state index contributed by atoms with van der Waals surface area (Å²) in [4.78, 5) is 13.6. The Morgan fingerprint density at radius 3 is 2.45 bits per heavy atom. The predicted octanol–water partition coefficient (Wildman–Crippen LogP) is 2.63. The van der Waals surface area contributed by atoms with Gasteiger partial charge in [0.1, 0.15) is 5.82 Å². The first kappa shape index (κ1) is 14.2. The van der Waals surface area contributed by atoms with Crippen LogP contribution in [-0.2, 0) is 11.3 Å². The molecule has 0 spiro atoms. The third kappa shape index (κ3) is 3.03. The Bertz CT molecular complexity index is 613. The molecular formula is C16H17FN2O. The highest BCUT2D eigenvalue weighted by molar-refractivity contribution is 5.95. The number of nitrogens with two attached hydrogens (primary N) is 1. The van der Waals surface area contributed by atoms with Crippen molar-refractivity contribution in [2.75, 3.05) is 11.4 Å². The van der Waals surface area contributed by atoms with Crippen LogP contribution in [0, 0.1) is 12.7 Å². The predicted molar refractivity (Wildman–Crippen MR) is 77.8 cm³/mol. The van der Waals surface area contributed by atoms with Crippen molar-refractivity contribution < 1.29 is 9.18 Å². The van der Waals surface area contributed by atoms with E-state index in [1.165, 1.54) is 11.0 Å². The summed E-state index contributed by atoms with van der Waals surface area (Å²) in [5, 5.41) is 0. The summed E-state index contributed by atoms with van der Waals surface area (Å²) in [5.74, 6) is -0.557. The van der Waals surface area contributed by atoms with E-state index in [9.17, 15) is 9.18 Å². The molecule has 0 heterocycles. The summed E-state index contributed by atoms with van der Waals surface area (Å²) >= 11 is 0. The SMILES string of the molecule is Cc1ccccc1N(Cc1ccccc1F)C(=O)CN. The number of para-hydroxylation sites is 1. The van der Waals surface area contributed by atoms with Crippen LogP contribution in [0.15, 0.2) is 48.5 Å². The van der Waals surface area contributed by atoms with Gasteiger partial charge in [0, 0.05) is 11.3 Å². The Labute approximate surface area is 117 Å². The Balaban J connectivity index is 2.37. The first-order valence-electron chi connectivity index (χ1n) is 6.43. The number of benzene rings is 2. The van der Waals surface area contributed by atoms with Gasteiger partial charge in [-0.3, -0.25) is 4.79 Å². The molecule has 2 aromatic carbocycles. The fraction of sp³-hybridized carbons (Fsp3) is 0.188. The van der Waals surface area contributed by atoms with Crippen molar-refractivity contribution in [1.82, 2.24) is 0 Å². The van der Waals surface area contributed by atoms with Gasteiger partial charge in [-0.2, -0.15) is 0 Å². The lowest BCUT2D eigenvalue weighted by Gasteiger charge is -2.24. The van der Waals surface area contributed by atoms with Crippen LogP contribution in [0.3, 0.4) is 0 Å². The number of anilines is 1. The molecule has 2 rings (SSSR count). The molecule has 2 aromatic rings. The van der Waals surface area contributed by atoms with Crippen molar-refractivity contribution >= 4 is 11.6 Å². The molecule has 0 aliphatic heterocycles. The zero-order valence-electron chi connectivity index (χ0n) is 11.3. The van der Waals surface area contributed by atoms with E-state index in [-0.39, 0.29) is 24.8 Å². The first-order chi connectivity index (χ1) is 9.63. The van der Waals surface area contributed by atoms with Gasteiger partial charge in [-0.1, -0.05) is 36.4 Å². The number of carbonyl (C=O) groups excluding carboxylic acids is 1. The van der Waals surface area contributed by atoms with E-state index in [0.717, 1.165) is 11.3 Å². The molecule has 0 unspecified atom stereocenters. The summed E-state index contributed by atoms with van der Waals surface area (Å²) < 4.78 is 13.8. The van der Waals surface area contributed by atoms with E-state index in [0.29, 0.717) is 5.56 Å². The van der Waals surface area contributed by atoms with Gasteiger partial charge in [-0.05, 0) is 24.6 Å². The average molecular weight is 272 g/mol. The number of aryl methyl sites for hydroxylation is 1. The van der Waals surface area contributed by atoms with Crippen molar-refractivity contribution in [2.45, 2.75) is 13.5 Å². The number of hydrogen-bond donors (Lipinski definition) is 1. The zero-order chi connectivity index (χ0) is 14.5. The van der Waals surface area contributed by atoms with Crippen LogP contribution in [0.4, 0.5) is 10.1 Å². The number of nitrogens with zero attached hydrogens (tertiary/aromatic N) is 1. The standard InChI is InChI=1S/C16H17FN2O/c1-12-6-2-5-9-15(12)19(16(20)10-18)11-13-7-3-4-8-14(13)17/h2-9H,10-11,18H2,1H3. The zero-order valence-corrected chi connectivity index (χ0v) is 11.3. The Kier molecular flexibility index (Phi) is 4.48. The Morgan fingerprint density at radius 1 is 1.15 bits per heavy atom. The largest absolute Gasteiger partial charge is 0.322 e. The first-order valence-corrected chi connectivity index (χ1v) is 6.43. The fourth-order valence-electron chi connectivity index (χ4n) is 2.08. The molecule has 3 nitrogen and oxygen atoms in total. The van der Waals surface area contributed by atoms with Crippen LogP contribution in [0.25, 0.3) is 0 Å². The highest BCUT2D eigenvalue weighted by atomic mass is 19.1. The van der Waals surface area contributed by atoms with Crippen LogP contribution >= 0.6 is 0 Å². The lowest BCUT2D eigenvalue weighted by Crippen LogP contribution is -2.36. The maximum atomic E-state index is 13.8. The lowest BCUT2D eigenvalue weighted by molar-refractivity contribution is -0.117. The summed E-state index contributed by atoms with van der Waals surface area (Å²) in [6.45, 7) is 1.98. The van der Waals surface area contributed by atoms with Gasteiger partial charge < -0.3 is 10.6 Å². The molecule has 4 heteroatoms. The summed E-state index contributed by atoms with van der Waals surface area (Å²) in [6, 6.07) is 13.9. The minimum atomic E-state index is -0.323. The Morgan fingerprint density at radius 2 is 1.80 bits per heavy atom. The van der Waals surface area contributed by atoms with E-state index < -0.39 is 0 Å². The fourth-order valence-corrected chi connectivity index (χ4v) is 2.08. The van der Waals surface area contributed by atoms with Gasteiger partial charge in [0.05, 0.1) is 13.1 Å². The normalized spacial score (nSPS) is 10.3. The van der Waals surface area contributed by atoms with Crippen molar-refractivity contribution in [3.8, 4) is 0 Å². The third-order valence-electron chi connectivity index (χ3n) is 3.17. The number of carbonyl (C=O) groups is 1. The second-order valence-electron chi connectivity index (χ2n) is 4.56. The molecule has 0 aliphatic rings. The second-order valence-corrected chi connectivity index (χ2v) is 4.56. The molecule has 20 heavy (non-hydrogen) atoms. The van der Waals surface area contributed by atoms with Gasteiger partial charge in [0.25, 0.3) is 0 Å². The molecule has 104 valence electrons. The van der Waals surface area contributed by atoms with Crippen LogP contribution < -0.4 is 10.6 Å². The molecule has 0 aromatic heterocycles. The van der Waals surface area contributed by atoms with E-state index in [1.54, 1.807) is 18.2 Å². The van der Waals surface area contributed by atoms with Crippen molar-refractivity contribution in [2.24, 2.45) is 5.73 Å². The lowest BCUT2D eigenvalue weighted by atomic mass is 10.1. The quantitative estimate of drug-likeness (QED) is 0.930. The van der Waals surface area contributed by atoms with Crippen LogP contribution in [0.1, 0.15) is 11.1 Å². The number of amides is 1. The molecular weight excluding hydrogens is 255 g/mol. The molecule has 0 saturated heterocycles. The van der Waals surface area contributed by atoms with Gasteiger partial charge >= 0.3 is 0 Å². The molecule has 0 saturated carbocycles. The summed E-state index contributed by atoms with van der Waals surface area (Å²) in [6.07, 6.45) is 0. The van der Waals surface area contributed by atoms with Crippen molar-refractivity contribution in [3.63, 3.8) is 0 Å². The molecule has 0 atom stereocenters. The van der Waals surface area contributed by atoms with E-state index in [2.05, 4.69) is 0 Å². The monoisotopic (exact) mass is 272 g/mol.